The molecule has 1 aliphatic rings. The van der Waals surface area contributed by atoms with E-state index in [1.807, 2.05) is 4.90 Å². The number of hydrogen-bond acceptors (Lipinski definition) is 4. The Hall–Kier alpha value is -2.93. The molecule has 8 heteroatoms. The first-order chi connectivity index (χ1) is 14.0. The summed E-state index contributed by atoms with van der Waals surface area (Å²) in [5.74, 6) is -1.07. The molecule has 3 amide bonds. The van der Waals surface area contributed by atoms with Gasteiger partial charge in [-0.15, -0.1) is 0 Å². The van der Waals surface area contributed by atoms with Crippen LogP contribution in [0.15, 0.2) is 48.8 Å². The fourth-order valence-corrected chi connectivity index (χ4v) is 3.33. The Morgan fingerprint density at radius 3 is 2.24 bits per heavy atom. The SMILES string of the molecule is O=C(NCc1ccc(Cl)cc1)C(=O)NCC1CCN(C(=O)c2ccncc2)CC1. The molecule has 7 nitrogen and oxygen atoms in total. The average molecular weight is 415 g/mol. The van der Waals surface area contributed by atoms with Gasteiger partial charge in [-0.3, -0.25) is 19.4 Å². The van der Waals surface area contributed by atoms with E-state index in [0.29, 0.717) is 30.2 Å². The lowest BCUT2D eigenvalue weighted by Gasteiger charge is -2.32. The summed E-state index contributed by atoms with van der Waals surface area (Å²) in [4.78, 5) is 42.1. The summed E-state index contributed by atoms with van der Waals surface area (Å²) in [6.45, 7) is 1.94. The summed E-state index contributed by atoms with van der Waals surface area (Å²) < 4.78 is 0. The van der Waals surface area contributed by atoms with Crippen molar-refractivity contribution in [2.75, 3.05) is 19.6 Å². The largest absolute Gasteiger partial charge is 0.348 e. The summed E-state index contributed by atoms with van der Waals surface area (Å²) in [7, 11) is 0. The topological polar surface area (TPSA) is 91.4 Å². The molecule has 0 bridgehead atoms. The predicted octanol–water partition coefficient (Wildman–Crippen LogP) is 2.02. The van der Waals surface area contributed by atoms with Crippen LogP contribution in [0, 0.1) is 5.92 Å². The number of halogens is 1. The van der Waals surface area contributed by atoms with E-state index in [1.165, 1.54) is 0 Å². The van der Waals surface area contributed by atoms with Crippen molar-refractivity contribution in [3.05, 3.63) is 64.9 Å². The van der Waals surface area contributed by atoms with Gasteiger partial charge in [0.15, 0.2) is 0 Å². The number of pyridine rings is 1. The Bertz CT molecular complexity index is 850. The highest BCUT2D eigenvalue weighted by Gasteiger charge is 2.24. The van der Waals surface area contributed by atoms with Crippen molar-refractivity contribution in [2.45, 2.75) is 19.4 Å². The van der Waals surface area contributed by atoms with Crippen LogP contribution in [-0.4, -0.2) is 47.2 Å². The van der Waals surface area contributed by atoms with Crippen molar-refractivity contribution in [3.63, 3.8) is 0 Å². The van der Waals surface area contributed by atoms with Gasteiger partial charge in [-0.2, -0.15) is 0 Å². The fourth-order valence-electron chi connectivity index (χ4n) is 3.20. The first kappa shape index (κ1) is 20.8. The first-order valence-corrected chi connectivity index (χ1v) is 9.90. The maximum atomic E-state index is 12.4. The Morgan fingerprint density at radius 2 is 1.59 bits per heavy atom. The summed E-state index contributed by atoms with van der Waals surface area (Å²) in [6, 6.07) is 10.5. The smallest absolute Gasteiger partial charge is 0.309 e. The van der Waals surface area contributed by atoms with Crippen molar-refractivity contribution < 1.29 is 14.4 Å². The van der Waals surface area contributed by atoms with Crippen molar-refractivity contribution in [1.82, 2.24) is 20.5 Å². The lowest BCUT2D eigenvalue weighted by molar-refractivity contribution is -0.139. The maximum Gasteiger partial charge on any atom is 0.309 e. The van der Waals surface area contributed by atoms with Gasteiger partial charge in [0.05, 0.1) is 0 Å². The van der Waals surface area contributed by atoms with E-state index in [2.05, 4.69) is 15.6 Å². The first-order valence-electron chi connectivity index (χ1n) is 9.52. The zero-order chi connectivity index (χ0) is 20.6. The molecule has 1 aromatic carbocycles. The second kappa shape index (κ2) is 10.0. The second-order valence-electron chi connectivity index (χ2n) is 6.99. The van der Waals surface area contributed by atoms with E-state index in [4.69, 9.17) is 11.6 Å². The van der Waals surface area contributed by atoms with Crippen molar-refractivity contribution in [3.8, 4) is 0 Å². The number of likely N-dealkylation sites (tertiary alicyclic amines) is 1. The van der Waals surface area contributed by atoms with Gasteiger partial charge >= 0.3 is 11.8 Å². The number of benzene rings is 1. The molecule has 1 aromatic heterocycles. The van der Waals surface area contributed by atoms with Crippen LogP contribution >= 0.6 is 11.6 Å². The van der Waals surface area contributed by atoms with Gasteiger partial charge in [0.1, 0.15) is 0 Å². The van der Waals surface area contributed by atoms with E-state index < -0.39 is 11.8 Å². The lowest BCUT2D eigenvalue weighted by Crippen LogP contribution is -2.44. The van der Waals surface area contributed by atoms with E-state index in [-0.39, 0.29) is 18.4 Å². The summed E-state index contributed by atoms with van der Waals surface area (Å²) in [6.07, 6.45) is 4.77. The van der Waals surface area contributed by atoms with Gasteiger partial charge in [-0.05, 0) is 48.6 Å². The Balaban J connectivity index is 1.37. The van der Waals surface area contributed by atoms with Gasteiger partial charge in [0, 0.05) is 49.2 Å². The molecule has 152 valence electrons. The third-order valence-corrected chi connectivity index (χ3v) is 5.20. The van der Waals surface area contributed by atoms with Crippen LogP contribution in [0.25, 0.3) is 0 Å². The normalized spacial score (nSPS) is 14.3. The van der Waals surface area contributed by atoms with E-state index in [9.17, 15) is 14.4 Å². The molecule has 0 saturated carbocycles. The molecule has 1 saturated heterocycles. The number of hydrogen-bond donors (Lipinski definition) is 2. The number of aromatic nitrogens is 1. The lowest BCUT2D eigenvalue weighted by atomic mass is 9.96. The summed E-state index contributed by atoms with van der Waals surface area (Å²) >= 11 is 5.82. The van der Waals surface area contributed by atoms with Crippen LogP contribution in [0.5, 0.6) is 0 Å². The molecular weight excluding hydrogens is 392 g/mol. The third kappa shape index (κ3) is 6.02. The molecule has 1 fully saturated rings. The number of amides is 3. The summed E-state index contributed by atoms with van der Waals surface area (Å²) in [5, 5.41) is 5.90. The van der Waals surface area contributed by atoms with E-state index >= 15 is 0 Å². The van der Waals surface area contributed by atoms with Crippen LogP contribution in [-0.2, 0) is 16.1 Å². The quantitative estimate of drug-likeness (QED) is 0.732. The average Bonchev–Trinajstić information content (AvgIpc) is 2.77. The minimum absolute atomic E-state index is 0.00328. The molecule has 0 spiro atoms. The molecular formula is C21H23ClN4O3. The van der Waals surface area contributed by atoms with Crippen LogP contribution in [0.1, 0.15) is 28.8 Å². The number of piperidine rings is 1. The molecule has 2 aromatic rings. The van der Waals surface area contributed by atoms with Gasteiger partial charge in [0.25, 0.3) is 5.91 Å². The second-order valence-corrected chi connectivity index (χ2v) is 7.43. The molecule has 29 heavy (non-hydrogen) atoms. The number of nitrogens with zero attached hydrogens (tertiary/aromatic N) is 2. The van der Waals surface area contributed by atoms with E-state index in [0.717, 1.165) is 18.4 Å². The number of carbonyl (C=O) groups excluding carboxylic acids is 3. The zero-order valence-corrected chi connectivity index (χ0v) is 16.7. The minimum Gasteiger partial charge on any atom is -0.348 e. The Kier molecular flexibility index (Phi) is 7.19. The Morgan fingerprint density at radius 1 is 0.966 bits per heavy atom. The predicted molar refractivity (Wildman–Crippen MR) is 109 cm³/mol. The van der Waals surface area contributed by atoms with Gasteiger partial charge in [0.2, 0.25) is 0 Å². The number of nitrogens with one attached hydrogen (secondary N) is 2. The standard InChI is InChI=1S/C21H23ClN4O3/c22-18-3-1-15(2-4-18)13-24-19(27)20(28)25-14-16-7-11-26(12-8-16)21(29)17-5-9-23-10-6-17/h1-6,9-10,16H,7-8,11-14H2,(H,24,27)(H,25,28). The molecule has 0 aliphatic carbocycles. The van der Waals surface area contributed by atoms with Crippen LogP contribution in [0.3, 0.4) is 0 Å². The van der Waals surface area contributed by atoms with Crippen LogP contribution < -0.4 is 10.6 Å². The van der Waals surface area contributed by atoms with Crippen molar-refractivity contribution in [2.24, 2.45) is 5.92 Å². The molecule has 2 heterocycles. The molecule has 0 radical (unpaired) electrons. The molecule has 0 atom stereocenters. The highest BCUT2D eigenvalue weighted by atomic mass is 35.5. The number of rotatable bonds is 5. The molecule has 1 aliphatic heterocycles. The highest BCUT2D eigenvalue weighted by Crippen LogP contribution is 2.18. The summed E-state index contributed by atoms with van der Waals surface area (Å²) in [5.41, 5.74) is 1.49. The van der Waals surface area contributed by atoms with Gasteiger partial charge in [-0.1, -0.05) is 23.7 Å². The third-order valence-electron chi connectivity index (χ3n) is 4.95. The van der Waals surface area contributed by atoms with E-state index in [1.54, 1.807) is 48.8 Å². The van der Waals surface area contributed by atoms with Gasteiger partial charge < -0.3 is 15.5 Å². The monoisotopic (exact) mass is 414 g/mol. The Labute approximate surface area is 174 Å². The maximum absolute atomic E-state index is 12.4. The van der Waals surface area contributed by atoms with Crippen LogP contribution in [0.2, 0.25) is 5.02 Å². The van der Waals surface area contributed by atoms with Crippen molar-refractivity contribution in [1.29, 1.82) is 0 Å². The van der Waals surface area contributed by atoms with Crippen molar-refractivity contribution >= 4 is 29.3 Å². The molecule has 0 unspecified atom stereocenters. The highest BCUT2D eigenvalue weighted by molar-refractivity contribution is 6.35. The fraction of sp³-hybridized carbons (Fsp3) is 0.333. The molecule has 2 N–H and O–H groups in total. The zero-order valence-electron chi connectivity index (χ0n) is 15.9. The minimum atomic E-state index is -0.662. The molecule has 3 rings (SSSR count). The van der Waals surface area contributed by atoms with Crippen LogP contribution in [0.4, 0.5) is 0 Å². The number of carbonyl (C=O) groups is 3. The van der Waals surface area contributed by atoms with Gasteiger partial charge in [-0.25, -0.2) is 0 Å².